The van der Waals surface area contributed by atoms with Crippen LogP contribution in [0, 0.1) is 0 Å². The Morgan fingerprint density at radius 2 is 1.75 bits per heavy atom. The SMILES string of the molecule is O=S(=O)(NCc1nc(-c2ccccc2Cl)no1)c1ccc(Cl)cc1. The Morgan fingerprint density at radius 1 is 1.04 bits per heavy atom. The van der Waals surface area contributed by atoms with Gasteiger partial charge in [0.25, 0.3) is 0 Å². The first-order chi connectivity index (χ1) is 11.5. The van der Waals surface area contributed by atoms with E-state index in [9.17, 15) is 8.42 Å². The standard InChI is InChI=1S/C15H11Cl2N3O3S/c16-10-5-7-11(8-6-10)24(21,22)18-9-14-19-15(20-23-14)12-3-1-2-4-13(12)17/h1-8,18H,9H2. The average Bonchev–Trinajstić information content (AvgIpc) is 3.03. The quantitative estimate of drug-likeness (QED) is 0.728. The first kappa shape index (κ1) is 16.9. The number of nitrogens with one attached hydrogen (secondary N) is 1. The monoisotopic (exact) mass is 383 g/mol. The fourth-order valence-corrected chi connectivity index (χ4v) is 3.25. The predicted octanol–water partition coefficient (Wildman–Crippen LogP) is 3.52. The van der Waals surface area contributed by atoms with Crippen LogP contribution in [0.5, 0.6) is 0 Å². The third-order valence-corrected chi connectivity index (χ3v) is 5.12. The van der Waals surface area contributed by atoms with Crippen molar-refractivity contribution in [2.24, 2.45) is 0 Å². The van der Waals surface area contributed by atoms with E-state index in [1.807, 2.05) is 0 Å². The first-order valence-electron chi connectivity index (χ1n) is 6.78. The molecule has 124 valence electrons. The molecular formula is C15H11Cl2N3O3S. The molecular weight excluding hydrogens is 373 g/mol. The molecule has 0 aliphatic carbocycles. The van der Waals surface area contributed by atoms with Gasteiger partial charge in [0.05, 0.1) is 16.5 Å². The predicted molar refractivity (Wildman–Crippen MR) is 90.2 cm³/mol. The molecule has 2 aromatic carbocycles. The Labute approximate surface area is 148 Å². The number of halogens is 2. The summed E-state index contributed by atoms with van der Waals surface area (Å²) in [4.78, 5) is 4.24. The minimum atomic E-state index is -3.70. The zero-order valence-corrected chi connectivity index (χ0v) is 14.4. The van der Waals surface area contributed by atoms with E-state index in [4.69, 9.17) is 27.7 Å². The minimum absolute atomic E-state index is 0.0951. The zero-order valence-electron chi connectivity index (χ0n) is 12.1. The van der Waals surface area contributed by atoms with Crippen LogP contribution in [0.15, 0.2) is 57.9 Å². The maximum Gasteiger partial charge on any atom is 0.242 e. The number of aromatic nitrogens is 2. The molecule has 0 radical (unpaired) electrons. The number of sulfonamides is 1. The van der Waals surface area contributed by atoms with Crippen LogP contribution in [0.3, 0.4) is 0 Å². The second-order valence-corrected chi connectivity index (χ2v) is 7.38. The van der Waals surface area contributed by atoms with Crippen molar-refractivity contribution < 1.29 is 12.9 Å². The Bertz CT molecular complexity index is 956. The number of benzene rings is 2. The number of hydrogen-bond acceptors (Lipinski definition) is 5. The fourth-order valence-electron chi connectivity index (χ4n) is 1.93. The second-order valence-electron chi connectivity index (χ2n) is 4.77. The lowest BCUT2D eigenvalue weighted by Gasteiger charge is -2.04. The van der Waals surface area contributed by atoms with Gasteiger partial charge < -0.3 is 4.52 Å². The molecule has 0 saturated carbocycles. The van der Waals surface area contributed by atoms with Crippen molar-refractivity contribution in [3.8, 4) is 11.4 Å². The summed E-state index contributed by atoms with van der Waals surface area (Å²) in [7, 11) is -3.70. The van der Waals surface area contributed by atoms with Gasteiger partial charge in [-0.1, -0.05) is 40.5 Å². The Kier molecular flexibility index (Phi) is 4.86. The molecule has 0 atom stereocenters. The highest BCUT2D eigenvalue weighted by Gasteiger charge is 2.17. The molecule has 0 amide bonds. The van der Waals surface area contributed by atoms with Crippen LogP contribution in [-0.4, -0.2) is 18.6 Å². The van der Waals surface area contributed by atoms with Gasteiger partial charge in [-0.15, -0.1) is 0 Å². The molecule has 0 spiro atoms. The van der Waals surface area contributed by atoms with Gasteiger partial charge in [0.1, 0.15) is 0 Å². The third-order valence-electron chi connectivity index (χ3n) is 3.12. The summed E-state index contributed by atoms with van der Waals surface area (Å²) in [5.74, 6) is 0.420. The van der Waals surface area contributed by atoms with Crippen LogP contribution in [-0.2, 0) is 16.6 Å². The summed E-state index contributed by atoms with van der Waals surface area (Å²) < 4.78 is 31.8. The fraction of sp³-hybridized carbons (Fsp3) is 0.0667. The lowest BCUT2D eigenvalue weighted by atomic mass is 10.2. The van der Waals surface area contributed by atoms with Crippen LogP contribution >= 0.6 is 23.2 Å². The smallest absolute Gasteiger partial charge is 0.242 e. The summed E-state index contributed by atoms with van der Waals surface area (Å²) in [5, 5.41) is 4.74. The van der Waals surface area contributed by atoms with E-state index in [-0.39, 0.29) is 17.3 Å². The molecule has 1 heterocycles. The highest BCUT2D eigenvalue weighted by molar-refractivity contribution is 7.89. The van der Waals surface area contributed by atoms with Crippen LogP contribution in [0.1, 0.15) is 5.89 Å². The van der Waals surface area contributed by atoms with Gasteiger partial charge in [-0.2, -0.15) is 4.98 Å². The van der Waals surface area contributed by atoms with Crippen molar-refractivity contribution in [2.75, 3.05) is 0 Å². The van der Waals surface area contributed by atoms with Crippen molar-refractivity contribution in [2.45, 2.75) is 11.4 Å². The largest absolute Gasteiger partial charge is 0.338 e. The Hall–Kier alpha value is -1.93. The van der Waals surface area contributed by atoms with Gasteiger partial charge in [0.15, 0.2) is 0 Å². The van der Waals surface area contributed by atoms with E-state index in [1.165, 1.54) is 24.3 Å². The van der Waals surface area contributed by atoms with E-state index < -0.39 is 10.0 Å². The van der Waals surface area contributed by atoms with Crippen LogP contribution in [0.4, 0.5) is 0 Å². The summed E-state index contributed by atoms with van der Waals surface area (Å²) in [6.07, 6.45) is 0. The van der Waals surface area contributed by atoms with Gasteiger partial charge in [0.2, 0.25) is 21.7 Å². The molecule has 24 heavy (non-hydrogen) atoms. The number of hydrogen-bond donors (Lipinski definition) is 1. The molecule has 0 fully saturated rings. The Balaban J connectivity index is 1.74. The van der Waals surface area contributed by atoms with E-state index >= 15 is 0 Å². The summed E-state index contributed by atoms with van der Waals surface area (Å²) in [6.45, 7) is -0.136. The van der Waals surface area contributed by atoms with Crippen molar-refractivity contribution in [3.05, 3.63) is 64.5 Å². The summed E-state index contributed by atoms with van der Waals surface area (Å²) in [6, 6.07) is 12.8. The van der Waals surface area contributed by atoms with E-state index in [0.717, 1.165) is 0 Å². The molecule has 1 N–H and O–H groups in total. The van der Waals surface area contributed by atoms with Gasteiger partial charge in [0, 0.05) is 10.6 Å². The van der Waals surface area contributed by atoms with Gasteiger partial charge in [-0.05, 0) is 36.4 Å². The molecule has 0 aliphatic heterocycles. The summed E-state index contributed by atoms with van der Waals surface area (Å²) >= 11 is 11.8. The lowest BCUT2D eigenvalue weighted by molar-refractivity contribution is 0.376. The minimum Gasteiger partial charge on any atom is -0.338 e. The average molecular weight is 384 g/mol. The molecule has 1 aromatic heterocycles. The van der Waals surface area contributed by atoms with Gasteiger partial charge in [-0.25, -0.2) is 13.1 Å². The van der Waals surface area contributed by atoms with Crippen molar-refractivity contribution in [3.63, 3.8) is 0 Å². The molecule has 6 nitrogen and oxygen atoms in total. The zero-order chi connectivity index (χ0) is 17.2. The lowest BCUT2D eigenvalue weighted by Crippen LogP contribution is -2.23. The Morgan fingerprint density at radius 3 is 2.46 bits per heavy atom. The molecule has 0 saturated heterocycles. The van der Waals surface area contributed by atoms with Gasteiger partial charge in [-0.3, -0.25) is 0 Å². The molecule has 0 unspecified atom stereocenters. The third kappa shape index (κ3) is 3.76. The van der Waals surface area contributed by atoms with Crippen molar-refractivity contribution in [1.82, 2.24) is 14.9 Å². The van der Waals surface area contributed by atoms with Crippen molar-refractivity contribution >= 4 is 33.2 Å². The molecule has 0 aliphatic rings. The van der Waals surface area contributed by atoms with Crippen LogP contribution in [0.25, 0.3) is 11.4 Å². The first-order valence-corrected chi connectivity index (χ1v) is 9.02. The number of rotatable bonds is 5. The second kappa shape index (κ2) is 6.90. The maximum absolute atomic E-state index is 12.2. The van der Waals surface area contributed by atoms with Crippen LogP contribution < -0.4 is 4.72 Å². The topological polar surface area (TPSA) is 85.1 Å². The molecule has 0 bridgehead atoms. The normalized spacial score (nSPS) is 11.6. The highest BCUT2D eigenvalue weighted by atomic mass is 35.5. The van der Waals surface area contributed by atoms with Crippen molar-refractivity contribution in [1.29, 1.82) is 0 Å². The van der Waals surface area contributed by atoms with E-state index in [1.54, 1.807) is 24.3 Å². The summed E-state index contributed by atoms with van der Waals surface area (Å²) in [5.41, 5.74) is 0.606. The molecule has 3 aromatic rings. The maximum atomic E-state index is 12.2. The van der Waals surface area contributed by atoms with Crippen LogP contribution in [0.2, 0.25) is 10.0 Å². The molecule has 3 rings (SSSR count). The van der Waals surface area contributed by atoms with Gasteiger partial charge >= 0.3 is 0 Å². The molecule has 9 heteroatoms. The highest BCUT2D eigenvalue weighted by Crippen LogP contribution is 2.24. The van der Waals surface area contributed by atoms with E-state index in [0.29, 0.717) is 21.4 Å². The van der Waals surface area contributed by atoms with E-state index in [2.05, 4.69) is 14.9 Å². The number of nitrogens with zero attached hydrogens (tertiary/aromatic N) is 2.